The molecule has 0 aromatic heterocycles. The zero-order valence-electron chi connectivity index (χ0n) is 16.2. The maximum Gasteiger partial charge on any atom is 0.338 e. The summed E-state index contributed by atoms with van der Waals surface area (Å²) in [4.78, 5) is 14.4. The largest absolute Gasteiger partial charge is 0.462 e. The standard InChI is InChI=1S/C22H21Br2NO3/c1-5-27-20(26)14-6-7-18-16(11-14)21(2,3)22(25(18)4)9-8-13-10-15(23)12-17(24)19(13)28-22/h6-12H,5H2,1-4H3. The molecule has 2 aromatic carbocycles. The number of benzene rings is 2. The number of esters is 1. The van der Waals surface area contributed by atoms with E-state index in [2.05, 4.69) is 62.8 Å². The Morgan fingerprint density at radius 3 is 2.68 bits per heavy atom. The molecule has 0 radical (unpaired) electrons. The van der Waals surface area contributed by atoms with E-state index >= 15 is 0 Å². The van der Waals surface area contributed by atoms with Crippen molar-refractivity contribution in [2.75, 3.05) is 18.6 Å². The minimum Gasteiger partial charge on any atom is -0.462 e. The van der Waals surface area contributed by atoms with E-state index in [9.17, 15) is 4.79 Å². The fourth-order valence-corrected chi connectivity index (χ4v) is 5.52. The number of fused-ring (bicyclic) bond motifs is 2. The predicted molar refractivity (Wildman–Crippen MR) is 118 cm³/mol. The second-order valence-corrected chi connectivity index (χ2v) is 9.34. The van der Waals surface area contributed by atoms with Crippen LogP contribution in [0.1, 0.15) is 42.3 Å². The first-order valence-electron chi connectivity index (χ1n) is 9.14. The van der Waals surface area contributed by atoms with Crippen molar-refractivity contribution in [3.8, 4) is 5.75 Å². The maximum absolute atomic E-state index is 12.3. The van der Waals surface area contributed by atoms with E-state index < -0.39 is 11.1 Å². The number of rotatable bonds is 2. The molecule has 0 fully saturated rings. The second kappa shape index (κ2) is 6.63. The van der Waals surface area contributed by atoms with E-state index in [1.807, 2.05) is 44.3 Å². The number of halogens is 2. The highest BCUT2D eigenvalue weighted by atomic mass is 79.9. The molecule has 0 saturated heterocycles. The van der Waals surface area contributed by atoms with Gasteiger partial charge in [0.05, 0.1) is 22.1 Å². The van der Waals surface area contributed by atoms with Crippen molar-refractivity contribution >= 4 is 49.6 Å². The second-order valence-electron chi connectivity index (χ2n) is 7.57. The summed E-state index contributed by atoms with van der Waals surface area (Å²) in [7, 11) is 2.03. The lowest BCUT2D eigenvalue weighted by Gasteiger charge is -2.46. The molecule has 146 valence electrons. The summed E-state index contributed by atoms with van der Waals surface area (Å²) in [6, 6.07) is 9.75. The molecular formula is C22H21Br2NO3. The highest BCUT2D eigenvalue weighted by molar-refractivity contribution is 9.11. The van der Waals surface area contributed by atoms with Crippen molar-refractivity contribution in [1.29, 1.82) is 0 Å². The van der Waals surface area contributed by atoms with Crippen LogP contribution in [-0.2, 0) is 10.2 Å². The van der Waals surface area contributed by atoms with Crippen LogP contribution in [0.5, 0.6) is 5.75 Å². The lowest BCUT2D eigenvalue weighted by Crippen LogP contribution is -2.58. The molecule has 2 heterocycles. The zero-order chi connectivity index (χ0) is 20.3. The van der Waals surface area contributed by atoms with Gasteiger partial charge in [-0.05, 0) is 84.7 Å². The Balaban J connectivity index is 1.83. The third-order valence-electron chi connectivity index (χ3n) is 5.72. The van der Waals surface area contributed by atoms with E-state index in [-0.39, 0.29) is 5.97 Å². The molecule has 2 aliphatic heterocycles. The Kier molecular flexibility index (Phi) is 4.62. The van der Waals surface area contributed by atoms with Crippen molar-refractivity contribution in [3.63, 3.8) is 0 Å². The zero-order valence-corrected chi connectivity index (χ0v) is 19.3. The lowest BCUT2D eigenvalue weighted by atomic mass is 9.76. The number of hydrogen-bond acceptors (Lipinski definition) is 4. The van der Waals surface area contributed by atoms with Gasteiger partial charge in [0.1, 0.15) is 5.75 Å². The highest BCUT2D eigenvalue weighted by Crippen LogP contribution is 2.55. The average molecular weight is 507 g/mol. The van der Waals surface area contributed by atoms with Crippen molar-refractivity contribution < 1.29 is 14.3 Å². The molecule has 1 unspecified atom stereocenters. The van der Waals surface area contributed by atoms with E-state index in [0.717, 1.165) is 31.5 Å². The monoisotopic (exact) mass is 505 g/mol. The lowest BCUT2D eigenvalue weighted by molar-refractivity contribution is 0.0522. The molecule has 4 nitrogen and oxygen atoms in total. The molecule has 1 atom stereocenters. The highest BCUT2D eigenvalue weighted by Gasteiger charge is 2.58. The van der Waals surface area contributed by atoms with Crippen LogP contribution in [0.2, 0.25) is 0 Å². The summed E-state index contributed by atoms with van der Waals surface area (Å²) < 4.78 is 13.7. The van der Waals surface area contributed by atoms with Gasteiger partial charge in [-0.2, -0.15) is 0 Å². The minimum atomic E-state index is -0.702. The van der Waals surface area contributed by atoms with Crippen molar-refractivity contribution in [2.45, 2.75) is 31.9 Å². The molecule has 0 N–H and O–H groups in total. The number of nitrogens with zero attached hydrogens (tertiary/aromatic N) is 1. The molecule has 2 aliphatic rings. The topological polar surface area (TPSA) is 38.8 Å². The molecule has 6 heteroatoms. The fourth-order valence-electron chi connectivity index (χ4n) is 4.18. The molecule has 4 rings (SSSR count). The van der Waals surface area contributed by atoms with Gasteiger partial charge in [0, 0.05) is 22.8 Å². The average Bonchev–Trinajstić information content (AvgIpc) is 2.81. The summed E-state index contributed by atoms with van der Waals surface area (Å²) >= 11 is 7.17. The summed E-state index contributed by atoms with van der Waals surface area (Å²) in [6.07, 6.45) is 4.21. The Bertz CT molecular complexity index is 1020. The molecule has 1 spiro atoms. The van der Waals surface area contributed by atoms with Crippen LogP contribution in [-0.4, -0.2) is 25.3 Å². The van der Waals surface area contributed by atoms with Crippen LogP contribution >= 0.6 is 31.9 Å². The Morgan fingerprint density at radius 2 is 1.96 bits per heavy atom. The molecule has 0 bridgehead atoms. The molecular weight excluding hydrogens is 486 g/mol. The van der Waals surface area contributed by atoms with Gasteiger partial charge in [0.25, 0.3) is 0 Å². The predicted octanol–water partition coefficient (Wildman–Crippen LogP) is 5.92. The first kappa shape index (κ1) is 19.5. The van der Waals surface area contributed by atoms with Crippen molar-refractivity contribution in [1.82, 2.24) is 0 Å². The molecule has 0 amide bonds. The van der Waals surface area contributed by atoms with Gasteiger partial charge in [-0.1, -0.05) is 15.9 Å². The molecule has 0 aliphatic carbocycles. The molecule has 2 aromatic rings. The Labute approximate surface area is 181 Å². The van der Waals surface area contributed by atoms with Crippen LogP contribution in [0.15, 0.2) is 45.4 Å². The third-order valence-corrected chi connectivity index (χ3v) is 6.77. The van der Waals surface area contributed by atoms with Crippen molar-refractivity contribution in [3.05, 3.63) is 62.0 Å². The number of ether oxygens (including phenoxy) is 2. The van der Waals surface area contributed by atoms with Crippen LogP contribution in [0.4, 0.5) is 5.69 Å². The van der Waals surface area contributed by atoms with Crippen LogP contribution in [0.3, 0.4) is 0 Å². The van der Waals surface area contributed by atoms with Gasteiger partial charge < -0.3 is 14.4 Å². The normalized spacial score (nSPS) is 21.3. The number of likely N-dealkylation sites (N-methyl/N-ethyl adjacent to an activating group) is 1. The van der Waals surface area contributed by atoms with Gasteiger partial charge in [-0.3, -0.25) is 0 Å². The summed E-state index contributed by atoms with van der Waals surface area (Å²) in [6.45, 7) is 6.46. The van der Waals surface area contributed by atoms with E-state index in [4.69, 9.17) is 9.47 Å². The Hall–Kier alpha value is -1.79. The fraction of sp³-hybridized carbons (Fsp3) is 0.318. The first-order chi connectivity index (χ1) is 13.2. The van der Waals surface area contributed by atoms with Gasteiger partial charge in [0.15, 0.2) is 0 Å². The SMILES string of the molecule is CCOC(=O)c1ccc2c(c1)C(C)(C)C1(C=Cc3cc(Br)cc(Br)c3O1)N2C. The minimum absolute atomic E-state index is 0.303. The summed E-state index contributed by atoms with van der Waals surface area (Å²) in [5.74, 6) is 0.506. The Morgan fingerprint density at radius 1 is 1.21 bits per heavy atom. The molecule has 0 saturated carbocycles. The number of carbonyl (C=O) groups excluding carboxylic acids is 1. The summed E-state index contributed by atoms with van der Waals surface area (Å²) in [5.41, 5.74) is 2.57. The van der Waals surface area contributed by atoms with Gasteiger partial charge >= 0.3 is 5.97 Å². The molecule has 28 heavy (non-hydrogen) atoms. The summed E-state index contributed by atoms with van der Waals surface area (Å²) in [5, 5.41) is 0. The van der Waals surface area contributed by atoms with E-state index in [1.54, 1.807) is 0 Å². The smallest absolute Gasteiger partial charge is 0.338 e. The van der Waals surface area contributed by atoms with Gasteiger partial charge in [-0.25, -0.2) is 4.79 Å². The first-order valence-corrected chi connectivity index (χ1v) is 10.7. The van der Waals surface area contributed by atoms with Crippen LogP contribution in [0.25, 0.3) is 6.08 Å². The van der Waals surface area contributed by atoms with Gasteiger partial charge in [-0.15, -0.1) is 0 Å². The number of hydrogen-bond donors (Lipinski definition) is 0. The number of anilines is 1. The van der Waals surface area contributed by atoms with E-state index in [1.165, 1.54) is 0 Å². The van der Waals surface area contributed by atoms with Gasteiger partial charge in [0.2, 0.25) is 5.72 Å². The maximum atomic E-state index is 12.3. The van der Waals surface area contributed by atoms with Crippen molar-refractivity contribution in [2.24, 2.45) is 0 Å². The van der Waals surface area contributed by atoms with Crippen LogP contribution in [0, 0.1) is 0 Å². The van der Waals surface area contributed by atoms with E-state index in [0.29, 0.717) is 12.2 Å². The van der Waals surface area contributed by atoms with Crippen LogP contribution < -0.4 is 9.64 Å². The third kappa shape index (κ3) is 2.65. The number of carbonyl (C=O) groups is 1. The quantitative estimate of drug-likeness (QED) is 0.474.